The van der Waals surface area contributed by atoms with E-state index in [9.17, 15) is 15.5 Å². The summed E-state index contributed by atoms with van der Waals surface area (Å²) < 4.78 is 5.52. The molecule has 0 bridgehead atoms. The molecule has 26 heavy (non-hydrogen) atoms. The molecule has 2 heterocycles. The quantitative estimate of drug-likeness (QED) is 0.528. The van der Waals surface area contributed by atoms with Gasteiger partial charge in [-0.15, -0.1) is 5.10 Å². The van der Waals surface area contributed by atoms with E-state index in [1.165, 1.54) is 12.1 Å². The van der Waals surface area contributed by atoms with Crippen molar-refractivity contribution in [3.63, 3.8) is 0 Å². The summed E-state index contributed by atoms with van der Waals surface area (Å²) in [6, 6.07) is 16.0. The maximum absolute atomic E-state index is 9.91. The van der Waals surface area contributed by atoms with E-state index in [0.29, 0.717) is 16.8 Å². The first-order chi connectivity index (χ1) is 12.6. The number of aromatic nitrogens is 2. The van der Waals surface area contributed by atoms with Crippen molar-refractivity contribution in [3.8, 4) is 34.7 Å². The second kappa shape index (κ2) is 5.86. The van der Waals surface area contributed by atoms with E-state index < -0.39 is 5.92 Å². The van der Waals surface area contributed by atoms with Gasteiger partial charge in [0.15, 0.2) is 11.5 Å². The minimum atomic E-state index is -0.593. The lowest BCUT2D eigenvalue weighted by Gasteiger charge is -2.24. The van der Waals surface area contributed by atoms with Crippen LogP contribution in [-0.2, 0) is 0 Å². The Morgan fingerprint density at radius 1 is 1.12 bits per heavy atom. The molecule has 1 aliphatic rings. The second-order valence-electron chi connectivity index (χ2n) is 5.86. The van der Waals surface area contributed by atoms with Crippen LogP contribution in [0, 0.1) is 11.3 Å². The Bertz CT molecular complexity index is 1060. The molecule has 0 amide bonds. The SMILES string of the molecule is N#CC1=C(N)Oc2n[nH]c(-c3ccccc3)c2[C@@H]1c1ccc(O)c(O)c1. The number of nitriles is 1. The molecular weight excluding hydrogens is 332 g/mol. The Kier molecular flexibility index (Phi) is 3.52. The molecule has 0 spiro atoms. The molecule has 0 saturated carbocycles. The Morgan fingerprint density at radius 2 is 1.88 bits per heavy atom. The largest absolute Gasteiger partial charge is 0.504 e. The summed E-state index contributed by atoms with van der Waals surface area (Å²) in [4.78, 5) is 0. The van der Waals surface area contributed by atoms with Crippen molar-refractivity contribution >= 4 is 0 Å². The maximum Gasteiger partial charge on any atom is 0.244 e. The van der Waals surface area contributed by atoms with Crippen molar-refractivity contribution in [3.05, 3.63) is 71.1 Å². The van der Waals surface area contributed by atoms with Crippen LogP contribution in [-0.4, -0.2) is 20.4 Å². The van der Waals surface area contributed by atoms with Gasteiger partial charge in [-0.1, -0.05) is 36.4 Å². The van der Waals surface area contributed by atoms with Crippen LogP contribution < -0.4 is 10.5 Å². The molecule has 0 saturated heterocycles. The number of fused-ring (bicyclic) bond motifs is 1. The van der Waals surface area contributed by atoms with Crippen LogP contribution in [0.25, 0.3) is 11.3 Å². The first-order valence-corrected chi connectivity index (χ1v) is 7.83. The Balaban J connectivity index is 1.97. The molecule has 2 aromatic carbocycles. The Hall–Kier alpha value is -3.92. The number of hydrogen-bond acceptors (Lipinski definition) is 6. The zero-order valence-corrected chi connectivity index (χ0v) is 13.5. The average Bonchev–Trinajstić information content (AvgIpc) is 3.07. The number of phenols is 2. The highest BCUT2D eigenvalue weighted by Crippen LogP contribution is 2.46. The number of aromatic amines is 1. The smallest absolute Gasteiger partial charge is 0.244 e. The summed E-state index contributed by atoms with van der Waals surface area (Å²) in [5.41, 5.74) is 8.92. The predicted octanol–water partition coefficient (Wildman–Crippen LogP) is 2.71. The fraction of sp³-hybridized carbons (Fsp3) is 0.0526. The van der Waals surface area contributed by atoms with E-state index in [1.54, 1.807) is 6.07 Å². The lowest BCUT2D eigenvalue weighted by Crippen LogP contribution is -2.20. The lowest BCUT2D eigenvalue weighted by molar-refractivity contribution is 0.378. The van der Waals surface area contributed by atoms with Crippen molar-refractivity contribution in [2.75, 3.05) is 0 Å². The third-order valence-corrected chi connectivity index (χ3v) is 4.33. The molecule has 0 radical (unpaired) electrons. The van der Waals surface area contributed by atoms with Crippen LogP contribution in [0.15, 0.2) is 60.0 Å². The normalized spacial score (nSPS) is 15.9. The Morgan fingerprint density at radius 3 is 2.58 bits per heavy atom. The van der Waals surface area contributed by atoms with Gasteiger partial charge in [0.05, 0.1) is 17.2 Å². The van der Waals surface area contributed by atoms with Crippen molar-refractivity contribution in [2.24, 2.45) is 5.73 Å². The van der Waals surface area contributed by atoms with E-state index in [0.717, 1.165) is 5.56 Å². The van der Waals surface area contributed by atoms with Gasteiger partial charge >= 0.3 is 0 Å². The number of phenolic OH excluding ortho intramolecular Hbond substituents is 2. The van der Waals surface area contributed by atoms with Crippen molar-refractivity contribution in [1.29, 1.82) is 5.26 Å². The number of nitrogens with one attached hydrogen (secondary N) is 1. The minimum absolute atomic E-state index is 0.0383. The molecule has 7 nitrogen and oxygen atoms in total. The number of H-pyrrole nitrogens is 1. The topological polar surface area (TPSA) is 128 Å². The first-order valence-electron chi connectivity index (χ1n) is 7.83. The van der Waals surface area contributed by atoms with Crippen LogP contribution >= 0.6 is 0 Å². The van der Waals surface area contributed by atoms with Gasteiger partial charge in [-0.25, -0.2) is 0 Å². The van der Waals surface area contributed by atoms with E-state index >= 15 is 0 Å². The molecule has 0 fully saturated rings. The fourth-order valence-electron chi connectivity index (χ4n) is 3.12. The van der Waals surface area contributed by atoms with E-state index in [-0.39, 0.29) is 28.8 Å². The van der Waals surface area contributed by atoms with Crippen molar-refractivity contribution < 1.29 is 14.9 Å². The molecule has 1 aliphatic heterocycles. The third kappa shape index (κ3) is 2.32. The van der Waals surface area contributed by atoms with Gasteiger partial charge in [0.2, 0.25) is 11.8 Å². The van der Waals surface area contributed by atoms with Crippen molar-refractivity contribution in [2.45, 2.75) is 5.92 Å². The highest BCUT2D eigenvalue weighted by atomic mass is 16.5. The summed E-state index contributed by atoms with van der Waals surface area (Å²) in [5, 5.41) is 36.3. The van der Waals surface area contributed by atoms with Gasteiger partial charge in [-0.2, -0.15) is 5.26 Å². The van der Waals surface area contributed by atoms with Gasteiger partial charge in [-0.05, 0) is 23.3 Å². The maximum atomic E-state index is 9.91. The minimum Gasteiger partial charge on any atom is -0.504 e. The lowest BCUT2D eigenvalue weighted by atomic mass is 9.83. The van der Waals surface area contributed by atoms with Crippen LogP contribution in [0.2, 0.25) is 0 Å². The monoisotopic (exact) mass is 346 g/mol. The fourth-order valence-corrected chi connectivity index (χ4v) is 3.12. The number of allylic oxidation sites excluding steroid dienone is 1. The van der Waals surface area contributed by atoms with Crippen LogP contribution in [0.5, 0.6) is 17.4 Å². The summed E-state index contributed by atoms with van der Waals surface area (Å²) in [6.45, 7) is 0. The molecule has 0 unspecified atom stereocenters. The van der Waals surface area contributed by atoms with Crippen LogP contribution in [0.4, 0.5) is 0 Å². The van der Waals surface area contributed by atoms with E-state index in [4.69, 9.17) is 10.5 Å². The summed E-state index contributed by atoms with van der Waals surface area (Å²) in [7, 11) is 0. The van der Waals surface area contributed by atoms with Gasteiger partial charge in [-0.3, -0.25) is 5.10 Å². The van der Waals surface area contributed by atoms with Crippen LogP contribution in [0.1, 0.15) is 17.0 Å². The van der Waals surface area contributed by atoms with Gasteiger partial charge in [0.25, 0.3) is 0 Å². The highest BCUT2D eigenvalue weighted by molar-refractivity contribution is 5.71. The molecule has 7 heteroatoms. The zero-order chi connectivity index (χ0) is 18.3. The number of benzene rings is 2. The number of nitrogens with zero attached hydrogens (tertiary/aromatic N) is 2. The molecule has 5 N–H and O–H groups in total. The van der Waals surface area contributed by atoms with E-state index in [2.05, 4.69) is 16.3 Å². The van der Waals surface area contributed by atoms with Crippen LogP contribution in [0.3, 0.4) is 0 Å². The molecule has 0 aliphatic carbocycles. The van der Waals surface area contributed by atoms with Gasteiger partial charge in [0.1, 0.15) is 11.6 Å². The molecule has 1 aromatic heterocycles. The van der Waals surface area contributed by atoms with E-state index in [1.807, 2.05) is 30.3 Å². The summed E-state index contributed by atoms with van der Waals surface area (Å²) >= 11 is 0. The molecule has 128 valence electrons. The standard InChI is InChI=1S/C19H14N4O3/c20-9-12-15(11-6-7-13(24)14(25)8-11)16-17(10-4-2-1-3-5-10)22-23-19(16)26-18(12)21/h1-8,15,24-25H,21H2,(H,22,23)/t15-/m1/s1. The van der Waals surface area contributed by atoms with Crippen molar-refractivity contribution in [1.82, 2.24) is 10.2 Å². The summed E-state index contributed by atoms with van der Waals surface area (Å²) in [5.74, 6) is -0.881. The number of nitrogens with two attached hydrogens (primary N) is 1. The third-order valence-electron chi connectivity index (χ3n) is 4.33. The number of rotatable bonds is 2. The van der Waals surface area contributed by atoms with Gasteiger partial charge < -0.3 is 20.7 Å². The second-order valence-corrected chi connectivity index (χ2v) is 5.86. The molecule has 3 aromatic rings. The molecule has 1 atom stereocenters. The molecular formula is C19H14N4O3. The Labute approximate surface area is 148 Å². The predicted molar refractivity (Wildman–Crippen MR) is 93.1 cm³/mol. The number of aromatic hydroxyl groups is 2. The average molecular weight is 346 g/mol. The molecule has 4 rings (SSSR count). The van der Waals surface area contributed by atoms with Gasteiger partial charge in [0, 0.05) is 0 Å². The first kappa shape index (κ1) is 15.6. The highest BCUT2D eigenvalue weighted by Gasteiger charge is 2.35. The number of hydrogen-bond donors (Lipinski definition) is 4. The number of ether oxygens (including phenoxy) is 1. The summed E-state index contributed by atoms with van der Waals surface area (Å²) in [6.07, 6.45) is 0. The zero-order valence-electron chi connectivity index (χ0n) is 13.5.